The summed E-state index contributed by atoms with van der Waals surface area (Å²) >= 11 is 0. The summed E-state index contributed by atoms with van der Waals surface area (Å²) in [6.07, 6.45) is 7.26. The number of nitrogens with zero attached hydrogens (tertiary/aromatic N) is 3. The Morgan fingerprint density at radius 1 is 0.515 bits per heavy atom. The number of aromatic hydroxyl groups is 1. The van der Waals surface area contributed by atoms with Gasteiger partial charge in [-0.3, -0.25) is 9.55 Å². The lowest BCUT2D eigenvalue weighted by Gasteiger charge is -2.28. The van der Waals surface area contributed by atoms with Crippen LogP contribution in [0.1, 0.15) is 150 Å². The average molecular weight is 899 g/mol. The monoisotopic (exact) mass is 899 g/mol. The third-order valence-electron chi connectivity index (χ3n) is 14.1. The molecular weight excluding hydrogens is 827 g/mol. The number of phenolic OH excluding ortho intramolecular Hbond substituents is 1. The van der Waals surface area contributed by atoms with Crippen molar-refractivity contribution in [3.63, 3.8) is 0 Å². The van der Waals surface area contributed by atoms with E-state index < -0.39 is 5.89 Å². The van der Waals surface area contributed by atoms with Crippen molar-refractivity contribution < 1.29 is 6.48 Å². The second kappa shape index (κ2) is 17.7. The Bertz CT molecular complexity index is 3180. The minimum Gasteiger partial charge on any atom is -0.507 e. The largest absolute Gasteiger partial charge is 0.507 e. The van der Waals surface area contributed by atoms with Crippen molar-refractivity contribution in [3.05, 3.63) is 167 Å². The Morgan fingerprint density at radius 2 is 1.16 bits per heavy atom. The molecule has 4 nitrogen and oxygen atoms in total. The molecule has 9 rings (SSSR count). The standard InChI is InChI=1S/C64H71N3O/c1-61(2,3)48-30-31-56(52(38-48)44-22-17-14-18-23-44)67-57-25-19-24-51(58(57)66-60(67)53-39-50(63(7,8)9)40-54(59(53)68)64(10,11)12)46-34-47(36-49(35-46)62(4,5)6)55-37-45(32-33-65-55)43-28-26-42(27-29-43)41-20-15-13-16-21-41/h14,17-19,22-41,68H,13,15-16,20-21H2,1-12H3/i41D. The SMILES string of the molecule is [2H]C1(c2ccc(-c3ccnc(-c4cc(-c5cccc6c5nc(-c5cc(C(C)(C)C)cc(C(C)(C)C)c5O)n6-c5ccc(C(C)(C)C)cc5-c5ccccc5)cc(C(C)(C)C)c4)c3)cc2)CCCCC1. The Balaban J connectivity index is 1.28. The van der Waals surface area contributed by atoms with E-state index in [9.17, 15) is 6.48 Å². The molecule has 1 aliphatic rings. The van der Waals surface area contributed by atoms with E-state index in [1.165, 1.54) is 17.5 Å². The number of para-hydroxylation sites is 1. The fourth-order valence-electron chi connectivity index (χ4n) is 9.91. The predicted octanol–water partition coefficient (Wildman–Crippen LogP) is 17.7. The maximum Gasteiger partial charge on any atom is 0.149 e. The molecule has 0 unspecified atom stereocenters. The molecular formula is C64H71N3O. The summed E-state index contributed by atoms with van der Waals surface area (Å²) in [7, 11) is 0. The van der Waals surface area contributed by atoms with Crippen LogP contribution in [0.4, 0.5) is 0 Å². The van der Waals surface area contributed by atoms with Gasteiger partial charge in [-0.1, -0.05) is 187 Å². The first kappa shape index (κ1) is 45.5. The van der Waals surface area contributed by atoms with Crippen molar-refractivity contribution in [2.45, 2.75) is 143 Å². The highest BCUT2D eigenvalue weighted by atomic mass is 16.3. The van der Waals surface area contributed by atoms with E-state index in [1.807, 2.05) is 6.20 Å². The molecule has 1 saturated carbocycles. The fraction of sp³-hybridized carbons (Fsp3) is 0.344. The van der Waals surface area contributed by atoms with E-state index in [0.717, 1.165) is 104 Å². The predicted molar refractivity (Wildman–Crippen MR) is 288 cm³/mol. The molecule has 1 fully saturated rings. The van der Waals surface area contributed by atoms with Crippen molar-refractivity contribution in [2.24, 2.45) is 0 Å². The lowest BCUT2D eigenvalue weighted by molar-refractivity contribution is 0.443. The van der Waals surface area contributed by atoms with Crippen LogP contribution in [0.25, 0.3) is 72.7 Å². The van der Waals surface area contributed by atoms with Crippen molar-refractivity contribution in [3.8, 4) is 67.5 Å². The van der Waals surface area contributed by atoms with Crippen LogP contribution >= 0.6 is 0 Å². The van der Waals surface area contributed by atoms with E-state index in [-0.39, 0.29) is 27.4 Å². The van der Waals surface area contributed by atoms with Crippen molar-refractivity contribution in [1.82, 2.24) is 14.5 Å². The summed E-state index contributed by atoms with van der Waals surface area (Å²) in [4.78, 5) is 10.7. The first-order valence-electron chi connectivity index (χ1n) is 25.3. The Labute approximate surface area is 408 Å². The summed E-state index contributed by atoms with van der Waals surface area (Å²) in [6, 6.07) is 48.3. The van der Waals surface area contributed by atoms with Gasteiger partial charge in [-0.25, -0.2) is 4.98 Å². The van der Waals surface area contributed by atoms with Crippen LogP contribution in [0.5, 0.6) is 5.75 Å². The third kappa shape index (κ3) is 9.32. The summed E-state index contributed by atoms with van der Waals surface area (Å²) in [5, 5.41) is 12.6. The third-order valence-corrected chi connectivity index (χ3v) is 14.1. The van der Waals surface area contributed by atoms with Crippen molar-refractivity contribution >= 4 is 11.0 Å². The number of fused-ring (bicyclic) bond motifs is 1. The fourth-order valence-corrected chi connectivity index (χ4v) is 9.91. The maximum absolute atomic E-state index is 12.6. The molecule has 68 heavy (non-hydrogen) atoms. The van der Waals surface area contributed by atoms with Crippen molar-refractivity contribution in [1.29, 1.82) is 0 Å². The maximum atomic E-state index is 12.6. The lowest BCUT2D eigenvalue weighted by atomic mass is 9.79. The second-order valence-corrected chi connectivity index (χ2v) is 23.4. The molecule has 1 N–H and O–H groups in total. The number of hydrogen-bond acceptors (Lipinski definition) is 3. The smallest absolute Gasteiger partial charge is 0.149 e. The Hall–Kier alpha value is -6.26. The highest BCUT2D eigenvalue weighted by Crippen LogP contribution is 2.46. The zero-order valence-electron chi connectivity index (χ0n) is 43.6. The number of imidazole rings is 1. The zero-order valence-corrected chi connectivity index (χ0v) is 42.6. The summed E-state index contributed by atoms with van der Waals surface area (Å²) in [5.41, 5.74) is 16.8. The number of aromatic nitrogens is 3. The molecule has 0 aliphatic heterocycles. The quantitative estimate of drug-likeness (QED) is 0.173. The van der Waals surface area contributed by atoms with Crippen LogP contribution in [-0.4, -0.2) is 19.6 Å². The van der Waals surface area contributed by atoms with E-state index in [4.69, 9.17) is 9.97 Å². The molecule has 4 heteroatoms. The van der Waals surface area contributed by atoms with Gasteiger partial charge in [0.1, 0.15) is 11.6 Å². The minimum absolute atomic E-state index is 0.0784. The zero-order chi connectivity index (χ0) is 49.3. The Kier molecular flexibility index (Phi) is 11.8. The van der Waals surface area contributed by atoms with Gasteiger partial charge in [-0.15, -0.1) is 0 Å². The molecule has 0 spiro atoms. The van der Waals surface area contributed by atoms with E-state index in [1.54, 1.807) is 0 Å². The number of hydrogen-bond donors (Lipinski definition) is 1. The highest BCUT2D eigenvalue weighted by molar-refractivity contribution is 5.98. The van der Waals surface area contributed by atoms with Crippen LogP contribution in [0.3, 0.4) is 0 Å². The first-order valence-corrected chi connectivity index (χ1v) is 24.8. The number of pyridine rings is 1. The van der Waals surface area contributed by atoms with E-state index in [2.05, 4.69) is 221 Å². The van der Waals surface area contributed by atoms with Crippen LogP contribution in [0.2, 0.25) is 0 Å². The number of phenols is 1. The van der Waals surface area contributed by atoms with Crippen molar-refractivity contribution in [2.75, 3.05) is 0 Å². The summed E-state index contributed by atoms with van der Waals surface area (Å²) in [5.74, 6) is 0.461. The van der Waals surface area contributed by atoms with E-state index >= 15 is 0 Å². The van der Waals surface area contributed by atoms with E-state index in [0.29, 0.717) is 11.4 Å². The van der Waals surface area contributed by atoms with Gasteiger partial charge in [0, 0.05) is 29.8 Å². The number of rotatable bonds is 7. The van der Waals surface area contributed by atoms with Crippen LogP contribution in [0.15, 0.2) is 140 Å². The molecule has 0 radical (unpaired) electrons. The second-order valence-electron chi connectivity index (χ2n) is 23.4. The molecule has 0 saturated heterocycles. The molecule has 0 atom stereocenters. The highest BCUT2D eigenvalue weighted by Gasteiger charge is 2.30. The van der Waals surface area contributed by atoms with Crippen LogP contribution in [-0.2, 0) is 21.7 Å². The van der Waals surface area contributed by atoms with Gasteiger partial charge in [0.05, 0.1) is 28.0 Å². The molecule has 348 valence electrons. The van der Waals surface area contributed by atoms with Gasteiger partial charge in [0.15, 0.2) is 0 Å². The molecule has 2 aromatic heterocycles. The van der Waals surface area contributed by atoms with Crippen LogP contribution < -0.4 is 0 Å². The van der Waals surface area contributed by atoms with Gasteiger partial charge in [-0.05, 0) is 133 Å². The molecule has 1 aliphatic carbocycles. The summed E-state index contributed by atoms with van der Waals surface area (Å²) in [6.45, 7) is 26.8. The molecule has 0 amide bonds. The van der Waals surface area contributed by atoms with Crippen LogP contribution in [0, 0.1) is 0 Å². The van der Waals surface area contributed by atoms with Gasteiger partial charge >= 0.3 is 0 Å². The minimum atomic E-state index is -0.489. The number of benzene rings is 6. The first-order chi connectivity index (χ1) is 32.5. The van der Waals surface area contributed by atoms with Gasteiger partial charge in [0.2, 0.25) is 0 Å². The average Bonchev–Trinajstić information content (AvgIpc) is 3.70. The normalized spacial score (nSPS) is 14.9. The van der Waals surface area contributed by atoms with Gasteiger partial charge in [0.25, 0.3) is 0 Å². The topological polar surface area (TPSA) is 50.9 Å². The molecule has 6 aromatic carbocycles. The molecule has 0 bridgehead atoms. The summed E-state index contributed by atoms with van der Waals surface area (Å²) < 4.78 is 11.5. The molecule has 8 aromatic rings. The lowest BCUT2D eigenvalue weighted by Crippen LogP contribution is -2.17. The Morgan fingerprint density at radius 3 is 1.82 bits per heavy atom. The van der Waals surface area contributed by atoms with Gasteiger partial charge < -0.3 is 5.11 Å². The molecule has 2 heterocycles. The van der Waals surface area contributed by atoms with Gasteiger partial charge in [-0.2, -0.15) is 0 Å².